The van der Waals surface area contributed by atoms with Crippen LogP contribution in [0.1, 0.15) is 22.8 Å². The Balaban J connectivity index is 0.00000180. The number of hydrogen-bond acceptors (Lipinski definition) is 4. The Morgan fingerprint density at radius 2 is 2.32 bits per heavy atom. The van der Waals surface area contributed by atoms with E-state index in [0.29, 0.717) is 11.6 Å². The van der Waals surface area contributed by atoms with Crippen LogP contribution in [0.5, 0.6) is 0 Å². The van der Waals surface area contributed by atoms with Crippen molar-refractivity contribution < 1.29 is 9.53 Å². The number of rotatable bonds is 3. The van der Waals surface area contributed by atoms with E-state index < -0.39 is 0 Å². The Morgan fingerprint density at radius 3 is 3.00 bits per heavy atom. The first-order chi connectivity index (χ1) is 8.69. The summed E-state index contributed by atoms with van der Waals surface area (Å²) in [5.74, 6) is -0.273. The zero-order chi connectivity index (χ0) is 13.0. The number of hydrogen-bond donors (Lipinski definition) is 1. The highest BCUT2D eigenvalue weighted by molar-refractivity contribution is 5.89. The minimum Gasteiger partial charge on any atom is -0.465 e. The molecule has 1 atom stereocenters. The molecule has 0 aromatic heterocycles. The van der Waals surface area contributed by atoms with Gasteiger partial charge in [0.1, 0.15) is 0 Å². The van der Waals surface area contributed by atoms with Crippen molar-refractivity contribution in [2.24, 2.45) is 0 Å². The van der Waals surface area contributed by atoms with Gasteiger partial charge in [-0.2, -0.15) is 0 Å². The van der Waals surface area contributed by atoms with Gasteiger partial charge in [0.25, 0.3) is 0 Å². The summed E-state index contributed by atoms with van der Waals surface area (Å²) in [5.41, 5.74) is 1.78. The van der Waals surface area contributed by atoms with Crippen molar-refractivity contribution in [3.63, 3.8) is 0 Å². The Hall–Kier alpha value is -1.10. The largest absolute Gasteiger partial charge is 0.465 e. The van der Waals surface area contributed by atoms with E-state index >= 15 is 0 Å². The van der Waals surface area contributed by atoms with E-state index in [1.165, 1.54) is 7.11 Å². The van der Waals surface area contributed by atoms with Gasteiger partial charge in [0.15, 0.2) is 0 Å². The molecule has 1 saturated heterocycles. The van der Waals surface area contributed by atoms with Gasteiger partial charge >= 0.3 is 5.97 Å². The topological polar surface area (TPSA) is 41.6 Å². The van der Waals surface area contributed by atoms with Gasteiger partial charge in [-0.3, -0.25) is 4.90 Å². The third-order valence-electron chi connectivity index (χ3n) is 3.21. The van der Waals surface area contributed by atoms with Crippen LogP contribution in [0.3, 0.4) is 0 Å². The van der Waals surface area contributed by atoms with Gasteiger partial charge in [-0.15, -0.1) is 12.4 Å². The van der Waals surface area contributed by atoms with Crippen LogP contribution in [-0.4, -0.2) is 43.7 Å². The van der Waals surface area contributed by atoms with Gasteiger partial charge in [-0.1, -0.05) is 12.1 Å². The average molecular weight is 285 g/mol. The molecule has 0 spiro atoms. The Labute approximate surface area is 120 Å². The van der Waals surface area contributed by atoms with Crippen LogP contribution in [0, 0.1) is 0 Å². The lowest BCUT2D eigenvalue weighted by Gasteiger charge is -2.31. The van der Waals surface area contributed by atoms with E-state index in [-0.39, 0.29) is 18.4 Å². The first-order valence-corrected chi connectivity index (χ1v) is 6.32. The SMILES string of the molecule is COC(=O)c1cccc(CN2CCNC(C)C2)c1.Cl. The minimum absolute atomic E-state index is 0. The standard InChI is InChI=1S/C14H20N2O2.ClH/c1-11-9-16(7-6-15-11)10-12-4-3-5-13(8-12)14(17)18-2;/h3-5,8,11,15H,6-7,9-10H2,1-2H3;1H. The highest BCUT2D eigenvalue weighted by Crippen LogP contribution is 2.11. The van der Waals surface area contributed by atoms with Crippen molar-refractivity contribution in [3.8, 4) is 0 Å². The second kappa shape index (κ2) is 7.48. The maximum Gasteiger partial charge on any atom is 0.337 e. The molecule has 1 unspecified atom stereocenters. The number of ether oxygens (including phenoxy) is 1. The van der Waals surface area contributed by atoms with Gasteiger partial charge < -0.3 is 10.1 Å². The first kappa shape index (κ1) is 16.0. The molecule has 0 amide bonds. The number of esters is 1. The Bertz CT molecular complexity index is 426. The predicted molar refractivity (Wildman–Crippen MR) is 77.8 cm³/mol. The summed E-state index contributed by atoms with van der Waals surface area (Å²) >= 11 is 0. The van der Waals surface area contributed by atoms with Crippen LogP contribution in [0.2, 0.25) is 0 Å². The molecule has 0 bridgehead atoms. The van der Waals surface area contributed by atoms with Crippen molar-refractivity contribution in [3.05, 3.63) is 35.4 Å². The number of nitrogens with zero attached hydrogens (tertiary/aromatic N) is 1. The molecule has 106 valence electrons. The summed E-state index contributed by atoms with van der Waals surface area (Å²) in [7, 11) is 1.41. The van der Waals surface area contributed by atoms with Gasteiger partial charge in [0.05, 0.1) is 12.7 Å². The van der Waals surface area contributed by atoms with Gasteiger partial charge in [0, 0.05) is 32.2 Å². The van der Waals surface area contributed by atoms with Crippen molar-refractivity contribution in [2.75, 3.05) is 26.7 Å². The van der Waals surface area contributed by atoms with Crippen molar-refractivity contribution >= 4 is 18.4 Å². The molecular formula is C14H21ClN2O2. The van der Waals surface area contributed by atoms with Crippen molar-refractivity contribution in [1.82, 2.24) is 10.2 Å². The molecule has 4 nitrogen and oxygen atoms in total. The van der Waals surface area contributed by atoms with E-state index in [2.05, 4.69) is 23.2 Å². The lowest BCUT2D eigenvalue weighted by Crippen LogP contribution is -2.48. The zero-order valence-electron chi connectivity index (χ0n) is 11.4. The van der Waals surface area contributed by atoms with Crippen LogP contribution >= 0.6 is 12.4 Å². The smallest absolute Gasteiger partial charge is 0.337 e. The minimum atomic E-state index is -0.273. The number of halogens is 1. The lowest BCUT2D eigenvalue weighted by atomic mass is 10.1. The number of benzene rings is 1. The predicted octanol–water partition coefficient (Wildman–Crippen LogP) is 1.69. The van der Waals surface area contributed by atoms with Gasteiger partial charge in [-0.05, 0) is 24.6 Å². The molecule has 19 heavy (non-hydrogen) atoms. The fraction of sp³-hybridized carbons (Fsp3) is 0.500. The maximum atomic E-state index is 11.5. The number of nitrogens with one attached hydrogen (secondary N) is 1. The molecule has 1 N–H and O–H groups in total. The third kappa shape index (κ3) is 4.49. The third-order valence-corrected chi connectivity index (χ3v) is 3.21. The van der Waals surface area contributed by atoms with Crippen molar-refractivity contribution in [1.29, 1.82) is 0 Å². The molecule has 1 heterocycles. The number of carbonyl (C=O) groups is 1. The lowest BCUT2D eigenvalue weighted by molar-refractivity contribution is 0.0600. The number of piperazine rings is 1. The molecule has 1 aromatic rings. The van der Waals surface area contributed by atoms with Crippen LogP contribution < -0.4 is 5.32 Å². The molecule has 1 aliphatic heterocycles. The maximum absolute atomic E-state index is 11.5. The summed E-state index contributed by atoms with van der Waals surface area (Å²) in [6.07, 6.45) is 0. The Kier molecular flexibility index (Phi) is 6.28. The molecule has 1 fully saturated rings. The normalized spacial score (nSPS) is 19.6. The van der Waals surface area contributed by atoms with Gasteiger partial charge in [0.2, 0.25) is 0 Å². The second-order valence-electron chi connectivity index (χ2n) is 4.78. The molecule has 0 radical (unpaired) electrons. The first-order valence-electron chi connectivity index (χ1n) is 6.32. The number of carbonyl (C=O) groups excluding carboxylic acids is 1. The van der Waals surface area contributed by atoms with E-state index in [9.17, 15) is 4.79 Å². The highest BCUT2D eigenvalue weighted by atomic mass is 35.5. The van der Waals surface area contributed by atoms with Crippen LogP contribution in [0.4, 0.5) is 0 Å². The fourth-order valence-electron chi connectivity index (χ4n) is 2.33. The molecule has 0 aliphatic carbocycles. The number of methoxy groups -OCH3 is 1. The summed E-state index contributed by atoms with van der Waals surface area (Å²) in [6.45, 7) is 6.20. The van der Waals surface area contributed by atoms with Crippen molar-refractivity contribution in [2.45, 2.75) is 19.5 Å². The van der Waals surface area contributed by atoms with Crippen LogP contribution in [0.25, 0.3) is 0 Å². The van der Waals surface area contributed by atoms with E-state index in [1.807, 2.05) is 12.1 Å². The second-order valence-corrected chi connectivity index (χ2v) is 4.78. The molecule has 1 aromatic carbocycles. The molecule has 5 heteroatoms. The van der Waals surface area contributed by atoms with Gasteiger partial charge in [-0.25, -0.2) is 4.79 Å². The summed E-state index contributed by atoms with van der Waals surface area (Å²) < 4.78 is 4.74. The van der Waals surface area contributed by atoms with E-state index in [4.69, 9.17) is 4.74 Å². The molecule has 2 rings (SSSR count). The molecule has 0 saturated carbocycles. The Morgan fingerprint density at radius 1 is 1.53 bits per heavy atom. The summed E-state index contributed by atoms with van der Waals surface area (Å²) in [5, 5.41) is 3.42. The molecule has 1 aliphatic rings. The average Bonchev–Trinajstić information content (AvgIpc) is 2.38. The van der Waals surface area contributed by atoms with Crippen LogP contribution in [0.15, 0.2) is 24.3 Å². The summed E-state index contributed by atoms with van der Waals surface area (Å²) in [4.78, 5) is 13.9. The quantitative estimate of drug-likeness (QED) is 0.858. The van der Waals surface area contributed by atoms with E-state index in [1.54, 1.807) is 6.07 Å². The van der Waals surface area contributed by atoms with E-state index in [0.717, 1.165) is 31.7 Å². The fourth-order valence-corrected chi connectivity index (χ4v) is 2.33. The highest BCUT2D eigenvalue weighted by Gasteiger charge is 2.16. The monoisotopic (exact) mass is 284 g/mol. The van der Waals surface area contributed by atoms with Crippen LogP contribution in [-0.2, 0) is 11.3 Å². The zero-order valence-corrected chi connectivity index (χ0v) is 12.2. The molecular weight excluding hydrogens is 264 g/mol. The summed E-state index contributed by atoms with van der Waals surface area (Å²) in [6, 6.07) is 8.20.